The Balaban J connectivity index is 3.50. The Morgan fingerprint density at radius 1 is 1.58 bits per heavy atom. The van der Waals surface area contributed by atoms with E-state index in [1.165, 1.54) is 6.42 Å². The number of nitrogens with one attached hydrogen (secondary N) is 1. The van der Waals surface area contributed by atoms with Crippen molar-refractivity contribution in [3.63, 3.8) is 0 Å². The standard InChI is InChI=1S/C8H16INO2/c1-3-5-7(4-2)6-10-8(11)12-9/h7H,3-6H2,1-2H3,(H,10,11). The van der Waals surface area contributed by atoms with Crippen LogP contribution in [0.1, 0.15) is 33.1 Å². The van der Waals surface area contributed by atoms with Crippen LogP contribution in [-0.2, 0) is 3.07 Å². The van der Waals surface area contributed by atoms with Crippen molar-refractivity contribution in [2.24, 2.45) is 5.92 Å². The highest BCUT2D eigenvalue weighted by Gasteiger charge is 2.06. The first kappa shape index (κ1) is 12.0. The Bertz CT molecular complexity index is 130. The Morgan fingerprint density at radius 3 is 2.67 bits per heavy atom. The molecule has 3 nitrogen and oxygen atoms in total. The zero-order valence-corrected chi connectivity index (χ0v) is 9.76. The van der Waals surface area contributed by atoms with Crippen LogP contribution in [0.15, 0.2) is 0 Å². The molecule has 12 heavy (non-hydrogen) atoms. The van der Waals surface area contributed by atoms with Crippen LogP contribution in [0.4, 0.5) is 4.79 Å². The summed E-state index contributed by atoms with van der Waals surface area (Å²) in [7, 11) is 0. The Kier molecular flexibility index (Phi) is 7.64. The molecule has 0 saturated carbocycles. The molecule has 0 bridgehead atoms. The van der Waals surface area contributed by atoms with Gasteiger partial charge in [0.15, 0.2) is 23.0 Å². The van der Waals surface area contributed by atoms with Crippen LogP contribution in [0, 0.1) is 5.92 Å². The minimum atomic E-state index is -0.342. The highest BCUT2D eigenvalue weighted by atomic mass is 127. The molecule has 0 radical (unpaired) electrons. The molecule has 1 atom stereocenters. The quantitative estimate of drug-likeness (QED) is 0.789. The Hall–Kier alpha value is 0. The van der Waals surface area contributed by atoms with E-state index in [9.17, 15) is 4.79 Å². The molecule has 0 aromatic rings. The van der Waals surface area contributed by atoms with E-state index >= 15 is 0 Å². The van der Waals surface area contributed by atoms with Gasteiger partial charge in [-0.15, -0.1) is 0 Å². The van der Waals surface area contributed by atoms with Crippen LogP contribution in [0.25, 0.3) is 0 Å². The van der Waals surface area contributed by atoms with Gasteiger partial charge in [0, 0.05) is 6.54 Å². The maximum Gasteiger partial charge on any atom is 0.416 e. The highest BCUT2D eigenvalue weighted by molar-refractivity contribution is 14.1. The second-order valence-electron chi connectivity index (χ2n) is 2.81. The Labute approximate surface area is 87.9 Å². The maximum atomic E-state index is 10.7. The van der Waals surface area contributed by atoms with E-state index in [-0.39, 0.29) is 6.09 Å². The summed E-state index contributed by atoms with van der Waals surface area (Å²) in [5.74, 6) is 0.588. The molecule has 72 valence electrons. The number of rotatable bonds is 5. The molecule has 0 aliphatic rings. The fourth-order valence-corrected chi connectivity index (χ4v) is 1.27. The van der Waals surface area contributed by atoms with Crippen molar-refractivity contribution in [2.75, 3.05) is 6.54 Å². The number of hydrogen-bond acceptors (Lipinski definition) is 2. The largest absolute Gasteiger partial charge is 0.416 e. The number of carbonyl (C=O) groups excluding carboxylic acids is 1. The van der Waals surface area contributed by atoms with E-state index in [4.69, 9.17) is 0 Å². The summed E-state index contributed by atoms with van der Waals surface area (Å²) < 4.78 is 4.44. The molecule has 0 heterocycles. The predicted molar refractivity (Wildman–Crippen MR) is 57.2 cm³/mol. The van der Waals surface area contributed by atoms with Crippen molar-refractivity contribution < 1.29 is 7.86 Å². The lowest BCUT2D eigenvalue weighted by Gasteiger charge is -2.13. The topological polar surface area (TPSA) is 38.3 Å². The van der Waals surface area contributed by atoms with Gasteiger partial charge in [0.1, 0.15) is 0 Å². The Morgan fingerprint density at radius 2 is 2.25 bits per heavy atom. The molecule has 0 fully saturated rings. The number of carbonyl (C=O) groups is 1. The average molecular weight is 285 g/mol. The molecule has 0 aromatic carbocycles. The third-order valence-electron chi connectivity index (χ3n) is 1.88. The zero-order valence-electron chi connectivity index (χ0n) is 7.60. The van der Waals surface area contributed by atoms with E-state index in [0.29, 0.717) is 5.92 Å². The van der Waals surface area contributed by atoms with E-state index in [1.807, 2.05) is 0 Å². The average Bonchev–Trinajstić information content (AvgIpc) is 2.11. The van der Waals surface area contributed by atoms with Gasteiger partial charge in [0.05, 0.1) is 0 Å². The molecule has 1 N–H and O–H groups in total. The lowest BCUT2D eigenvalue weighted by Crippen LogP contribution is -2.27. The summed E-state index contributed by atoms with van der Waals surface area (Å²) in [6.07, 6.45) is 3.09. The lowest BCUT2D eigenvalue weighted by molar-refractivity contribution is 0.212. The second kappa shape index (κ2) is 7.64. The van der Waals surface area contributed by atoms with E-state index in [1.54, 1.807) is 23.0 Å². The minimum absolute atomic E-state index is 0.342. The van der Waals surface area contributed by atoms with Crippen LogP contribution < -0.4 is 5.32 Å². The summed E-state index contributed by atoms with van der Waals surface area (Å²) in [5.41, 5.74) is 0. The fourth-order valence-electron chi connectivity index (χ4n) is 1.11. The van der Waals surface area contributed by atoms with E-state index < -0.39 is 0 Å². The van der Waals surface area contributed by atoms with Crippen molar-refractivity contribution in [1.29, 1.82) is 0 Å². The minimum Gasteiger partial charge on any atom is -0.378 e. The fraction of sp³-hybridized carbons (Fsp3) is 0.875. The normalized spacial score (nSPS) is 12.2. The molecule has 0 aromatic heterocycles. The first-order valence-electron chi connectivity index (χ1n) is 4.31. The monoisotopic (exact) mass is 285 g/mol. The van der Waals surface area contributed by atoms with Gasteiger partial charge >= 0.3 is 6.09 Å². The molecular formula is C8H16INO2. The maximum absolute atomic E-state index is 10.7. The zero-order chi connectivity index (χ0) is 9.40. The first-order valence-corrected chi connectivity index (χ1v) is 5.19. The third-order valence-corrected chi connectivity index (χ3v) is 2.28. The number of amides is 1. The molecule has 0 spiro atoms. The van der Waals surface area contributed by atoms with Gasteiger partial charge in [-0.3, -0.25) is 0 Å². The van der Waals surface area contributed by atoms with Crippen LogP contribution >= 0.6 is 23.0 Å². The molecule has 0 rings (SSSR count). The van der Waals surface area contributed by atoms with Crippen molar-refractivity contribution in [3.05, 3.63) is 0 Å². The van der Waals surface area contributed by atoms with Gasteiger partial charge in [0.2, 0.25) is 0 Å². The molecule has 1 unspecified atom stereocenters. The first-order chi connectivity index (χ1) is 5.74. The van der Waals surface area contributed by atoms with Crippen LogP contribution in [0.3, 0.4) is 0 Å². The number of hydrogen-bond donors (Lipinski definition) is 1. The molecule has 4 heteroatoms. The third kappa shape index (κ3) is 5.62. The van der Waals surface area contributed by atoms with Crippen LogP contribution in [0.5, 0.6) is 0 Å². The van der Waals surface area contributed by atoms with Gasteiger partial charge in [-0.1, -0.05) is 26.7 Å². The number of halogens is 1. The summed E-state index contributed by atoms with van der Waals surface area (Å²) in [4.78, 5) is 10.7. The second-order valence-corrected chi connectivity index (χ2v) is 3.25. The van der Waals surface area contributed by atoms with Crippen LogP contribution in [0.2, 0.25) is 0 Å². The van der Waals surface area contributed by atoms with Crippen molar-refractivity contribution in [3.8, 4) is 0 Å². The molecule has 0 aliphatic carbocycles. The smallest absolute Gasteiger partial charge is 0.378 e. The highest BCUT2D eigenvalue weighted by Crippen LogP contribution is 2.08. The van der Waals surface area contributed by atoms with Crippen molar-refractivity contribution in [2.45, 2.75) is 33.1 Å². The summed E-state index contributed by atoms with van der Waals surface area (Å²) in [6.45, 7) is 5.02. The van der Waals surface area contributed by atoms with E-state index in [0.717, 1.165) is 19.4 Å². The van der Waals surface area contributed by atoms with Gasteiger partial charge < -0.3 is 8.38 Å². The summed E-state index contributed by atoms with van der Waals surface area (Å²) in [6, 6.07) is 0. The van der Waals surface area contributed by atoms with E-state index in [2.05, 4.69) is 22.2 Å². The summed E-state index contributed by atoms with van der Waals surface area (Å²) >= 11 is 1.58. The molecule has 1 amide bonds. The summed E-state index contributed by atoms with van der Waals surface area (Å²) in [5, 5.41) is 2.70. The molecule has 0 saturated heterocycles. The van der Waals surface area contributed by atoms with Crippen molar-refractivity contribution in [1.82, 2.24) is 5.32 Å². The molecule has 0 aliphatic heterocycles. The van der Waals surface area contributed by atoms with Crippen LogP contribution in [-0.4, -0.2) is 12.6 Å². The van der Waals surface area contributed by atoms with Gasteiger partial charge in [-0.05, 0) is 12.3 Å². The molecular weight excluding hydrogens is 269 g/mol. The van der Waals surface area contributed by atoms with Gasteiger partial charge in [-0.2, -0.15) is 0 Å². The van der Waals surface area contributed by atoms with Gasteiger partial charge in [0.25, 0.3) is 0 Å². The van der Waals surface area contributed by atoms with Gasteiger partial charge in [-0.25, -0.2) is 4.79 Å². The lowest BCUT2D eigenvalue weighted by atomic mass is 10.0. The SMILES string of the molecule is CCCC(CC)CNC(=O)OI. The predicted octanol–water partition coefficient (Wildman–Crippen LogP) is 2.89. The van der Waals surface area contributed by atoms with Crippen molar-refractivity contribution >= 4 is 29.1 Å².